The van der Waals surface area contributed by atoms with Crippen molar-refractivity contribution in [1.82, 2.24) is 4.57 Å². The fraction of sp³-hybridized carbons (Fsp3) is 0.200. The second-order valence-electron chi connectivity index (χ2n) is 5.85. The number of hydrogen-bond donors (Lipinski definition) is 1. The van der Waals surface area contributed by atoms with Gasteiger partial charge in [0.25, 0.3) is 0 Å². The second kappa shape index (κ2) is 7.38. The minimum absolute atomic E-state index is 0.0224. The van der Waals surface area contributed by atoms with Crippen LogP contribution in [0, 0.1) is 17.1 Å². The number of carbonyl (C=O) groups excluding carboxylic acids is 1. The molecule has 1 N–H and O–H groups in total. The Balaban J connectivity index is 2.11. The van der Waals surface area contributed by atoms with Gasteiger partial charge in [0.2, 0.25) is 0 Å². The van der Waals surface area contributed by atoms with E-state index < -0.39 is 11.8 Å². The number of aryl methyl sites for hydroxylation is 1. The Hall–Kier alpha value is -3.53. The normalized spacial score (nSPS) is 10.6. The average molecular weight is 368 g/mol. The van der Waals surface area contributed by atoms with E-state index in [2.05, 4.69) is 0 Å². The third-order valence-corrected chi connectivity index (χ3v) is 4.21. The van der Waals surface area contributed by atoms with Crippen molar-refractivity contribution >= 4 is 16.9 Å². The lowest BCUT2D eigenvalue weighted by Gasteiger charge is -2.10. The van der Waals surface area contributed by atoms with Crippen LogP contribution in [0.3, 0.4) is 0 Å². The third kappa shape index (κ3) is 3.42. The molecule has 2 aromatic carbocycles. The first-order valence-electron chi connectivity index (χ1n) is 8.26. The van der Waals surface area contributed by atoms with E-state index in [1.54, 1.807) is 24.6 Å². The largest absolute Gasteiger partial charge is 0.507 e. The lowest BCUT2D eigenvalue weighted by atomic mass is 10.1. The minimum atomic E-state index is -0.565. The van der Waals surface area contributed by atoms with Gasteiger partial charge >= 0.3 is 5.97 Å². The number of nitrogens with zero attached hydrogens (tertiary/aromatic N) is 2. The summed E-state index contributed by atoms with van der Waals surface area (Å²) in [6, 6.07) is 10.5. The molecule has 27 heavy (non-hydrogen) atoms. The van der Waals surface area contributed by atoms with Crippen LogP contribution in [0.2, 0.25) is 0 Å². The fourth-order valence-corrected chi connectivity index (χ4v) is 2.92. The van der Waals surface area contributed by atoms with Crippen LogP contribution in [0.5, 0.6) is 11.5 Å². The number of aromatic nitrogens is 1. The zero-order valence-electron chi connectivity index (χ0n) is 14.8. The zero-order valence-corrected chi connectivity index (χ0v) is 14.8. The van der Waals surface area contributed by atoms with Crippen LogP contribution >= 0.6 is 0 Å². The molecule has 138 valence electrons. The minimum Gasteiger partial charge on any atom is -0.507 e. The summed E-state index contributed by atoms with van der Waals surface area (Å²) in [5, 5.41) is 19.6. The summed E-state index contributed by atoms with van der Waals surface area (Å²) in [5.41, 5.74) is 1.40. The van der Waals surface area contributed by atoms with Crippen LogP contribution < -0.4 is 4.74 Å². The van der Waals surface area contributed by atoms with Crippen molar-refractivity contribution in [2.45, 2.75) is 13.5 Å². The summed E-state index contributed by atoms with van der Waals surface area (Å²) in [5.74, 6) is -0.904. The van der Waals surface area contributed by atoms with Crippen molar-refractivity contribution in [3.8, 4) is 17.6 Å². The molecule has 0 amide bonds. The SMILES string of the molecule is CCOC(=O)c1c(COc2cccc(F)c2)n(C)c2cc(C#N)c(O)cc12. The van der Waals surface area contributed by atoms with Crippen molar-refractivity contribution in [3.63, 3.8) is 0 Å². The maximum atomic E-state index is 13.4. The van der Waals surface area contributed by atoms with E-state index in [0.29, 0.717) is 22.3 Å². The summed E-state index contributed by atoms with van der Waals surface area (Å²) in [6.45, 7) is 1.85. The van der Waals surface area contributed by atoms with E-state index >= 15 is 0 Å². The maximum Gasteiger partial charge on any atom is 0.340 e. The van der Waals surface area contributed by atoms with Crippen molar-refractivity contribution in [2.75, 3.05) is 6.61 Å². The number of halogens is 1. The van der Waals surface area contributed by atoms with E-state index in [-0.39, 0.29) is 30.1 Å². The number of nitriles is 1. The van der Waals surface area contributed by atoms with Crippen LogP contribution in [0.15, 0.2) is 36.4 Å². The molecular weight excluding hydrogens is 351 g/mol. The van der Waals surface area contributed by atoms with Crippen molar-refractivity contribution in [2.24, 2.45) is 7.05 Å². The smallest absolute Gasteiger partial charge is 0.340 e. The molecule has 0 aliphatic rings. The van der Waals surface area contributed by atoms with Gasteiger partial charge in [-0.1, -0.05) is 6.07 Å². The molecule has 1 heterocycles. The highest BCUT2D eigenvalue weighted by Crippen LogP contribution is 2.32. The Labute approximate surface area is 155 Å². The molecule has 3 rings (SSSR count). The van der Waals surface area contributed by atoms with Gasteiger partial charge in [0.1, 0.15) is 30.0 Å². The summed E-state index contributed by atoms with van der Waals surface area (Å²) < 4.78 is 25.8. The summed E-state index contributed by atoms with van der Waals surface area (Å²) in [4.78, 5) is 12.5. The number of benzene rings is 2. The predicted molar refractivity (Wildman–Crippen MR) is 96.0 cm³/mol. The Morgan fingerprint density at radius 1 is 1.33 bits per heavy atom. The van der Waals surface area contributed by atoms with Crippen LogP contribution in [-0.2, 0) is 18.4 Å². The first-order valence-corrected chi connectivity index (χ1v) is 8.26. The van der Waals surface area contributed by atoms with Gasteiger partial charge in [0, 0.05) is 18.5 Å². The second-order valence-corrected chi connectivity index (χ2v) is 5.85. The molecule has 0 saturated heterocycles. The number of esters is 1. The van der Waals surface area contributed by atoms with Crippen molar-refractivity contribution in [3.05, 3.63) is 59.0 Å². The highest BCUT2D eigenvalue weighted by atomic mass is 19.1. The van der Waals surface area contributed by atoms with E-state index in [1.807, 2.05) is 6.07 Å². The average Bonchev–Trinajstić information content (AvgIpc) is 2.90. The predicted octanol–water partition coefficient (Wildman–Crippen LogP) is 3.65. The number of ether oxygens (including phenoxy) is 2. The Kier molecular flexibility index (Phi) is 4.99. The van der Waals surface area contributed by atoms with Gasteiger partial charge in [-0.15, -0.1) is 0 Å². The first-order chi connectivity index (χ1) is 13.0. The molecule has 0 aliphatic carbocycles. The van der Waals surface area contributed by atoms with Gasteiger partial charge < -0.3 is 19.1 Å². The Morgan fingerprint density at radius 3 is 2.78 bits per heavy atom. The van der Waals surface area contributed by atoms with Gasteiger partial charge in [-0.25, -0.2) is 9.18 Å². The molecular formula is C20H17FN2O4. The fourth-order valence-electron chi connectivity index (χ4n) is 2.92. The molecule has 3 aromatic rings. The number of hydrogen-bond acceptors (Lipinski definition) is 5. The number of carbonyl (C=O) groups is 1. The summed E-state index contributed by atoms with van der Waals surface area (Å²) >= 11 is 0. The monoisotopic (exact) mass is 368 g/mol. The molecule has 0 radical (unpaired) electrons. The summed E-state index contributed by atoms with van der Waals surface area (Å²) in [7, 11) is 1.72. The molecule has 0 atom stereocenters. The highest BCUT2D eigenvalue weighted by Gasteiger charge is 2.24. The molecule has 1 aromatic heterocycles. The molecule has 0 unspecified atom stereocenters. The topological polar surface area (TPSA) is 84.5 Å². The molecule has 0 fully saturated rings. The molecule has 7 heteroatoms. The van der Waals surface area contributed by atoms with Crippen LogP contribution in [0.25, 0.3) is 10.9 Å². The van der Waals surface area contributed by atoms with Crippen LogP contribution in [0.4, 0.5) is 4.39 Å². The lowest BCUT2D eigenvalue weighted by molar-refractivity contribution is 0.0525. The third-order valence-electron chi connectivity index (χ3n) is 4.21. The van der Waals surface area contributed by atoms with E-state index in [0.717, 1.165) is 0 Å². The number of phenols is 1. The zero-order chi connectivity index (χ0) is 19.6. The lowest BCUT2D eigenvalue weighted by Crippen LogP contribution is -2.11. The van der Waals surface area contributed by atoms with E-state index in [1.165, 1.54) is 30.3 Å². The van der Waals surface area contributed by atoms with E-state index in [4.69, 9.17) is 14.7 Å². The molecule has 0 spiro atoms. The number of fused-ring (bicyclic) bond motifs is 1. The van der Waals surface area contributed by atoms with Crippen molar-refractivity contribution in [1.29, 1.82) is 5.26 Å². The number of aromatic hydroxyl groups is 1. The van der Waals surface area contributed by atoms with Gasteiger partial charge in [0.05, 0.1) is 28.9 Å². The van der Waals surface area contributed by atoms with Crippen LogP contribution in [0.1, 0.15) is 28.5 Å². The van der Waals surface area contributed by atoms with Gasteiger partial charge in [-0.3, -0.25) is 0 Å². The van der Waals surface area contributed by atoms with Crippen molar-refractivity contribution < 1.29 is 23.8 Å². The van der Waals surface area contributed by atoms with Gasteiger partial charge in [-0.2, -0.15) is 5.26 Å². The molecule has 0 saturated carbocycles. The Morgan fingerprint density at radius 2 is 2.11 bits per heavy atom. The highest BCUT2D eigenvalue weighted by molar-refractivity contribution is 6.06. The number of phenolic OH excluding ortho intramolecular Hbond substituents is 1. The molecule has 0 aliphatic heterocycles. The van der Waals surface area contributed by atoms with Gasteiger partial charge in [0.15, 0.2) is 0 Å². The van der Waals surface area contributed by atoms with Gasteiger partial charge in [-0.05, 0) is 31.2 Å². The molecule has 6 nitrogen and oxygen atoms in total. The Bertz CT molecular complexity index is 1070. The first kappa shape index (κ1) is 18.3. The maximum absolute atomic E-state index is 13.4. The quantitative estimate of drug-likeness (QED) is 0.695. The van der Waals surface area contributed by atoms with E-state index in [9.17, 15) is 14.3 Å². The van der Waals surface area contributed by atoms with Crippen LogP contribution in [-0.4, -0.2) is 22.2 Å². The standard InChI is InChI=1S/C20H17FN2O4/c1-3-26-20(25)19-15-9-18(24)12(10-22)7-16(15)23(2)17(19)11-27-14-6-4-5-13(21)8-14/h4-9,24H,3,11H2,1-2H3. The number of rotatable bonds is 5. The molecule has 0 bridgehead atoms. The summed E-state index contributed by atoms with van der Waals surface area (Å²) in [6.07, 6.45) is 0.